The molecule has 32 heavy (non-hydrogen) atoms. The fourth-order valence-corrected chi connectivity index (χ4v) is 4.60. The number of carboxylic acids is 1. The van der Waals surface area contributed by atoms with Crippen molar-refractivity contribution >= 4 is 23.2 Å². The van der Waals surface area contributed by atoms with Gasteiger partial charge in [-0.3, -0.25) is 4.79 Å². The molecule has 1 unspecified atom stereocenters. The van der Waals surface area contributed by atoms with Gasteiger partial charge in [0.1, 0.15) is 6.04 Å². The minimum Gasteiger partial charge on any atom is -0.480 e. The van der Waals surface area contributed by atoms with Gasteiger partial charge in [-0.1, -0.05) is 67.2 Å². The van der Waals surface area contributed by atoms with Gasteiger partial charge in [0.2, 0.25) is 0 Å². The summed E-state index contributed by atoms with van der Waals surface area (Å²) in [5.74, 6) is -1.38. The van der Waals surface area contributed by atoms with Gasteiger partial charge in [-0.15, -0.1) is 11.3 Å². The van der Waals surface area contributed by atoms with Crippen LogP contribution in [0.2, 0.25) is 0 Å². The molecule has 0 fully saturated rings. The van der Waals surface area contributed by atoms with Gasteiger partial charge < -0.3 is 15.7 Å². The number of amides is 1. The second kappa shape index (κ2) is 11.3. The highest BCUT2D eigenvalue weighted by Crippen LogP contribution is 2.36. The molecule has 1 aromatic heterocycles. The lowest BCUT2D eigenvalue weighted by atomic mass is 9.90. The lowest BCUT2D eigenvalue weighted by Crippen LogP contribution is -2.40. The van der Waals surface area contributed by atoms with E-state index in [1.54, 1.807) is 6.07 Å². The molecule has 0 aliphatic heterocycles. The number of aliphatic carboxylic acids is 1. The summed E-state index contributed by atoms with van der Waals surface area (Å²) in [6, 6.07) is 23.1. The molecule has 0 radical (unpaired) electrons. The Morgan fingerprint density at radius 1 is 0.969 bits per heavy atom. The van der Waals surface area contributed by atoms with E-state index in [2.05, 4.69) is 41.5 Å². The summed E-state index contributed by atoms with van der Waals surface area (Å²) < 4.78 is 0. The van der Waals surface area contributed by atoms with Crippen LogP contribution in [0.1, 0.15) is 51.4 Å². The van der Waals surface area contributed by atoms with Crippen LogP contribution in [0.15, 0.2) is 85.1 Å². The van der Waals surface area contributed by atoms with Crippen molar-refractivity contribution in [2.24, 2.45) is 0 Å². The molecule has 166 valence electrons. The van der Waals surface area contributed by atoms with Crippen molar-refractivity contribution in [2.75, 3.05) is 6.54 Å². The second-order valence-corrected chi connectivity index (χ2v) is 8.79. The van der Waals surface area contributed by atoms with E-state index in [4.69, 9.17) is 0 Å². The third kappa shape index (κ3) is 6.31. The van der Waals surface area contributed by atoms with Crippen LogP contribution in [0.3, 0.4) is 0 Å². The minimum atomic E-state index is -1.03. The van der Waals surface area contributed by atoms with Crippen molar-refractivity contribution < 1.29 is 14.7 Å². The summed E-state index contributed by atoms with van der Waals surface area (Å²) >= 11 is 1.40. The van der Waals surface area contributed by atoms with Crippen molar-refractivity contribution in [3.05, 3.63) is 106 Å². The SMILES string of the molecule is C=C(C)NCCCC(NC(=O)c1ccc(C(c2ccccc2)c2ccccc2)s1)C(=O)O. The van der Waals surface area contributed by atoms with Crippen molar-refractivity contribution in [3.8, 4) is 0 Å². The molecule has 1 atom stereocenters. The zero-order valence-corrected chi connectivity index (χ0v) is 18.9. The van der Waals surface area contributed by atoms with Crippen molar-refractivity contribution in [1.82, 2.24) is 10.6 Å². The van der Waals surface area contributed by atoms with E-state index in [0.29, 0.717) is 24.3 Å². The number of carbonyl (C=O) groups is 2. The smallest absolute Gasteiger partial charge is 0.326 e. The number of carboxylic acid groups (broad SMARTS) is 1. The summed E-state index contributed by atoms with van der Waals surface area (Å²) in [6.45, 7) is 6.23. The van der Waals surface area contributed by atoms with Crippen LogP contribution >= 0.6 is 11.3 Å². The van der Waals surface area contributed by atoms with Gasteiger partial charge in [0.05, 0.1) is 4.88 Å². The summed E-state index contributed by atoms with van der Waals surface area (Å²) in [4.78, 5) is 26.0. The van der Waals surface area contributed by atoms with Gasteiger partial charge in [0.15, 0.2) is 0 Å². The zero-order valence-electron chi connectivity index (χ0n) is 18.1. The van der Waals surface area contributed by atoms with Crippen LogP contribution in [0.4, 0.5) is 0 Å². The predicted molar refractivity (Wildman–Crippen MR) is 129 cm³/mol. The number of allylic oxidation sites excluding steroid dienone is 1. The van der Waals surface area contributed by atoms with Crippen LogP contribution in [0.5, 0.6) is 0 Å². The first-order valence-electron chi connectivity index (χ1n) is 10.6. The number of hydrogen-bond acceptors (Lipinski definition) is 4. The third-order valence-corrected chi connectivity index (χ3v) is 6.25. The summed E-state index contributed by atoms with van der Waals surface area (Å²) in [5.41, 5.74) is 3.11. The summed E-state index contributed by atoms with van der Waals surface area (Å²) in [6.07, 6.45) is 0.958. The average Bonchev–Trinajstić information content (AvgIpc) is 3.27. The molecule has 2 aromatic carbocycles. The monoisotopic (exact) mass is 448 g/mol. The third-order valence-electron chi connectivity index (χ3n) is 5.10. The molecule has 0 saturated carbocycles. The van der Waals surface area contributed by atoms with E-state index in [-0.39, 0.29) is 11.8 Å². The quantitative estimate of drug-likeness (QED) is 0.360. The molecule has 1 heterocycles. The molecule has 5 nitrogen and oxygen atoms in total. The number of carbonyl (C=O) groups excluding carboxylic acids is 1. The van der Waals surface area contributed by atoms with Crippen LogP contribution in [-0.2, 0) is 4.79 Å². The fraction of sp³-hybridized carbons (Fsp3) is 0.231. The topological polar surface area (TPSA) is 78.4 Å². The number of thiophene rings is 1. The molecule has 0 aliphatic carbocycles. The maximum absolute atomic E-state index is 12.8. The predicted octanol–water partition coefficient (Wildman–Crippen LogP) is 5.01. The second-order valence-electron chi connectivity index (χ2n) is 7.67. The van der Waals surface area contributed by atoms with Crippen LogP contribution in [0, 0.1) is 0 Å². The Labute approximate surface area is 192 Å². The Kier molecular flexibility index (Phi) is 8.22. The molecule has 6 heteroatoms. The maximum atomic E-state index is 12.8. The molecule has 1 amide bonds. The highest BCUT2D eigenvalue weighted by atomic mass is 32.1. The standard InChI is InChI=1S/C26H28N2O3S/c1-18(2)27-17-9-14-21(26(30)31)28-25(29)23-16-15-22(32-23)24(19-10-5-3-6-11-19)20-12-7-4-8-13-20/h3-8,10-13,15-16,21,24,27H,1,9,14,17H2,2H3,(H,28,29)(H,30,31). The number of hydrogen-bond donors (Lipinski definition) is 3. The van der Waals surface area contributed by atoms with E-state index in [9.17, 15) is 14.7 Å². The van der Waals surface area contributed by atoms with E-state index < -0.39 is 12.0 Å². The summed E-state index contributed by atoms with van der Waals surface area (Å²) in [7, 11) is 0. The molecule has 3 rings (SSSR count). The first-order chi connectivity index (χ1) is 15.5. The highest BCUT2D eigenvalue weighted by Gasteiger charge is 2.23. The van der Waals surface area contributed by atoms with Crippen LogP contribution in [0.25, 0.3) is 0 Å². The van der Waals surface area contributed by atoms with Crippen LogP contribution in [-0.4, -0.2) is 29.6 Å². The Morgan fingerprint density at radius 2 is 1.56 bits per heavy atom. The normalized spacial score (nSPS) is 11.7. The molecular formula is C26H28N2O3S. The maximum Gasteiger partial charge on any atom is 0.326 e. The van der Waals surface area contributed by atoms with Gasteiger partial charge >= 0.3 is 5.97 Å². The molecule has 3 aromatic rings. The van der Waals surface area contributed by atoms with Crippen molar-refractivity contribution in [1.29, 1.82) is 0 Å². The molecule has 0 saturated heterocycles. The Bertz CT molecular complexity index is 1010. The van der Waals surface area contributed by atoms with E-state index in [0.717, 1.165) is 21.7 Å². The van der Waals surface area contributed by atoms with E-state index >= 15 is 0 Å². The number of nitrogens with one attached hydrogen (secondary N) is 2. The largest absolute Gasteiger partial charge is 0.480 e. The first kappa shape index (κ1) is 23.3. The van der Waals surface area contributed by atoms with Gasteiger partial charge in [-0.25, -0.2) is 4.79 Å². The lowest BCUT2D eigenvalue weighted by Gasteiger charge is -2.17. The lowest BCUT2D eigenvalue weighted by molar-refractivity contribution is -0.139. The Morgan fingerprint density at radius 3 is 2.09 bits per heavy atom. The molecule has 0 bridgehead atoms. The van der Waals surface area contributed by atoms with Gasteiger partial charge in [-0.05, 0) is 43.0 Å². The molecule has 0 aliphatic rings. The van der Waals surface area contributed by atoms with Gasteiger partial charge in [0.25, 0.3) is 5.91 Å². The van der Waals surface area contributed by atoms with Gasteiger partial charge in [0, 0.05) is 23.0 Å². The number of rotatable bonds is 11. The van der Waals surface area contributed by atoms with Crippen molar-refractivity contribution in [3.63, 3.8) is 0 Å². The Hall–Kier alpha value is -3.38. The minimum absolute atomic E-state index is 0.00689. The average molecular weight is 449 g/mol. The van der Waals surface area contributed by atoms with Crippen LogP contribution < -0.4 is 10.6 Å². The summed E-state index contributed by atoms with van der Waals surface area (Å²) in [5, 5.41) is 15.3. The highest BCUT2D eigenvalue weighted by molar-refractivity contribution is 7.14. The van der Waals surface area contributed by atoms with E-state index in [1.807, 2.05) is 49.4 Å². The van der Waals surface area contributed by atoms with Crippen molar-refractivity contribution in [2.45, 2.75) is 31.7 Å². The zero-order chi connectivity index (χ0) is 22.9. The van der Waals surface area contributed by atoms with Gasteiger partial charge in [-0.2, -0.15) is 0 Å². The Balaban J connectivity index is 1.75. The number of benzene rings is 2. The van der Waals surface area contributed by atoms with E-state index in [1.165, 1.54) is 11.3 Å². The molecule has 3 N–H and O–H groups in total. The molecule has 0 spiro atoms. The fourth-order valence-electron chi connectivity index (χ4n) is 3.54. The first-order valence-corrected chi connectivity index (χ1v) is 11.4. The molecular weight excluding hydrogens is 420 g/mol.